The molecule has 0 aliphatic rings. The molecule has 1 heterocycles. The van der Waals surface area contributed by atoms with E-state index in [-0.39, 0.29) is 18.4 Å². The average molecular weight is 207 g/mol. The molecule has 0 unspecified atom stereocenters. The van der Waals surface area contributed by atoms with Crippen molar-refractivity contribution >= 4 is 23.7 Å². The van der Waals surface area contributed by atoms with Crippen molar-refractivity contribution in [3.8, 4) is 0 Å². The molecular weight excluding hydrogens is 192 g/mol. The van der Waals surface area contributed by atoms with E-state index >= 15 is 0 Å². The van der Waals surface area contributed by atoms with Crippen molar-refractivity contribution in [2.75, 3.05) is 6.54 Å². The molecule has 0 radical (unpaired) electrons. The smallest absolute Gasteiger partial charge is 0.0404 e. The monoisotopic (exact) mass is 206 g/mol. The predicted molar refractivity (Wildman–Crippen MR) is 56.9 cm³/mol. The highest BCUT2D eigenvalue weighted by atomic mass is 35.5. The summed E-state index contributed by atoms with van der Waals surface area (Å²) in [6.07, 6.45) is 0.876. The highest BCUT2D eigenvalue weighted by molar-refractivity contribution is 7.10. The zero-order valence-electron chi connectivity index (χ0n) is 7.12. The van der Waals surface area contributed by atoms with Crippen LogP contribution in [0.5, 0.6) is 0 Å². The van der Waals surface area contributed by atoms with Crippen LogP contribution in [0.3, 0.4) is 0 Å². The van der Waals surface area contributed by atoms with E-state index in [2.05, 4.69) is 18.4 Å². The van der Waals surface area contributed by atoms with Gasteiger partial charge in [-0.05, 0) is 36.9 Å². The van der Waals surface area contributed by atoms with Crippen LogP contribution in [0, 0.1) is 6.92 Å². The Kier molecular flexibility index (Phi) is 5.50. The number of hydrogen-bond acceptors (Lipinski definition) is 3. The molecule has 4 N–H and O–H groups in total. The van der Waals surface area contributed by atoms with E-state index in [1.807, 2.05) is 0 Å². The van der Waals surface area contributed by atoms with E-state index in [4.69, 9.17) is 11.5 Å². The summed E-state index contributed by atoms with van der Waals surface area (Å²) in [4.78, 5) is 1.27. The minimum atomic E-state index is 0. The van der Waals surface area contributed by atoms with Crippen LogP contribution in [0.4, 0.5) is 0 Å². The highest BCUT2D eigenvalue weighted by Gasteiger charge is 2.08. The number of hydrogen-bond donors (Lipinski definition) is 2. The Labute approximate surface area is 83.4 Å². The van der Waals surface area contributed by atoms with Crippen molar-refractivity contribution in [3.05, 3.63) is 21.9 Å². The Morgan fingerprint density at radius 3 is 2.67 bits per heavy atom. The lowest BCUT2D eigenvalue weighted by Crippen LogP contribution is -2.14. The fourth-order valence-electron chi connectivity index (χ4n) is 1.07. The Hall–Kier alpha value is -0.0900. The van der Waals surface area contributed by atoms with Gasteiger partial charge < -0.3 is 11.5 Å². The van der Waals surface area contributed by atoms with Gasteiger partial charge in [0.2, 0.25) is 0 Å². The van der Waals surface area contributed by atoms with Gasteiger partial charge in [-0.2, -0.15) is 0 Å². The highest BCUT2D eigenvalue weighted by Crippen LogP contribution is 2.23. The van der Waals surface area contributed by atoms with Crippen LogP contribution in [-0.4, -0.2) is 6.54 Å². The molecule has 4 heteroatoms. The molecule has 2 nitrogen and oxygen atoms in total. The van der Waals surface area contributed by atoms with E-state index in [9.17, 15) is 0 Å². The second-order valence-corrected chi connectivity index (χ2v) is 3.60. The molecule has 1 aromatic rings. The van der Waals surface area contributed by atoms with Crippen molar-refractivity contribution in [1.82, 2.24) is 0 Å². The van der Waals surface area contributed by atoms with Crippen molar-refractivity contribution in [3.63, 3.8) is 0 Å². The summed E-state index contributed by atoms with van der Waals surface area (Å²) < 4.78 is 0. The van der Waals surface area contributed by atoms with Crippen LogP contribution in [0.25, 0.3) is 0 Å². The second kappa shape index (κ2) is 5.54. The Bertz CT molecular complexity index is 225. The first-order valence-corrected chi connectivity index (χ1v) is 4.63. The van der Waals surface area contributed by atoms with Gasteiger partial charge >= 0.3 is 0 Å². The topological polar surface area (TPSA) is 52.0 Å². The number of aryl methyl sites for hydroxylation is 1. The van der Waals surface area contributed by atoms with Crippen molar-refractivity contribution in [1.29, 1.82) is 0 Å². The van der Waals surface area contributed by atoms with Crippen molar-refractivity contribution in [2.45, 2.75) is 19.4 Å². The molecule has 12 heavy (non-hydrogen) atoms. The van der Waals surface area contributed by atoms with E-state index in [1.165, 1.54) is 10.4 Å². The van der Waals surface area contributed by atoms with Crippen molar-refractivity contribution < 1.29 is 0 Å². The van der Waals surface area contributed by atoms with Crippen LogP contribution in [-0.2, 0) is 0 Å². The normalized spacial score (nSPS) is 12.2. The van der Waals surface area contributed by atoms with E-state index in [1.54, 1.807) is 11.3 Å². The number of nitrogens with two attached hydrogens (primary N) is 2. The third-order valence-corrected chi connectivity index (χ3v) is 2.87. The first-order valence-electron chi connectivity index (χ1n) is 3.75. The summed E-state index contributed by atoms with van der Waals surface area (Å²) in [6, 6.07) is 2.23. The van der Waals surface area contributed by atoms with Gasteiger partial charge in [0.15, 0.2) is 0 Å². The first kappa shape index (κ1) is 11.9. The molecule has 0 aliphatic carbocycles. The molecular formula is C8H15ClN2S. The van der Waals surface area contributed by atoms with Gasteiger partial charge in [-0.1, -0.05) is 0 Å². The zero-order valence-corrected chi connectivity index (χ0v) is 8.75. The molecule has 0 saturated carbocycles. The zero-order chi connectivity index (χ0) is 8.27. The minimum absolute atomic E-state index is 0. The fraction of sp³-hybridized carbons (Fsp3) is 0.500. The largest absolute Gasteiger partial charge is 0.330 e. The number of rotatable bonds is 3. The standard InChI is InChI=1S/C8H14N2S.ClH/c1-6-3-5-11-8(6)7(10)2-4-9;/h3,5,7H,2,4,9-10H2,1H3;1H/t7-;/m1./s1. The summed E-state index contributed by atoms with van der Waals surface area (Å²) in [6.45, 7) is 2.75. The van der Waals surface area contributed by atoms with Gasteiger partial charge in [-0.15, -0.1) is 23.7 Å². The van der Waals surface area contributed by atoms with Gasteiger partial charge in [0.05, 0.1) is 0 Å². The van der Waals surface area contributed by atoms with Crippen LogP contribution in [0.15, 0.2) is 11.4 Å². The molecule has 0 aromatic carbocycles. The maximum atomic E-state index is 5.88. The van der Waals surface area contributed by atoms with Gasteiger partial charge in [-0.25, -0.2) is 0 Å². The quantitative estimate of drug-likeness (QED) is 0.793. The van der Waals surface area contributed by atoms with Crippen LogP contribution in [0.2, 0.25) is 0 Å². The molecule has 0 saturated heterocycles. The van der Waals surface area contributed by atoms with E-state index in [0.717, 1.165) is 6.42 Å². The molecule has 0 aliphatic heterocycles. The maximum absolute atomic E-state index is 5.88. The van der Waals surface area contributed by atoms with Crippen LogP contribution < -0.4 is 11.5 Å². The van der Waals surface area contributed by atoms with E-state index in [0.29, 0.717) is 6.54 Å². The third kappa shape index (κ3) is 2.75. The molecule has 0 amide bonds. The average Bonchev–Trinajstić information content (AvgIpc) is 2.36. The fourth-order valence-corrected chi connectivity index (χ4v) is 2.04. The number of thiophene rings is 1. The summed E-state index contributed by atoms with van der Waals surface area (Å²) >= 11 is 1.72. The van der Waals surface area contributed by atoms with Crippen molar-refractivity contribution in [2.24, 2.45) is 11.5 Å². The summed E-state index contributed by atoms with van der Waals surface area (Å²) in [5.74, 6) is 0. The molecule has 0 fully saturated rings. The molecule has 1 atom stereocenters. The maximum Gasteiger partial charge on any atom is 0.0404 e. The first-order chi connectivity index (χ1) is 5.25. The van der Waals surface area contributed by atoms with Crippen LogP contribution in [0.1, 0.15) is 22.9 Å². The van der Waals surface area contributed by atoms with E-state index < -0.39 is 0 Å². The van der Waals surface area contributed by atoms with Gasteiger partial charge in [-0.3, -0.25) is 0 Å². The van der Waals surface area contributed by atoms with Crippen LogP contribution >= 0.6 is 23.7 Å². The lowest BCUT2D eigenvalue weighted by Gasteiger charge is -2.08. The summed E-state index contributed by atoms with van der Waals surface area (Å²) in [5.41, 5.74) is 12.6. The summed E-state index contributed by atoms with van der Waals surface area (Å²) in [7, 11) is 0. The molecule has 0 spiro atoms. The minimum Gasteiger partial charge on any atom is -0.330 e. The lowest BCUT2D eigenvalue weighted by atomic mass is 10.1. The van der Waals surface area contributed by atoms with Gasteiger partial charge in [0.1, 0.15) is 0 Å². The SMILES string of the molecule is Cc1ccsc1[C@H](N)CCN.Cl. The molecule has 1 rings (SSSR count). The Morgan fingerprint density at radius 1 is 1.58 bits per heavy atom. The second-order valence-electron chi connectivity index (χ2n) is 2.65. The Morgan fingerprint density at radius 2 is 2.25 bits per heavy atom. The predicted octanol–water partition coefficient (Wildman–Crippen LogP) is 1.83. The number of halogens is 1. The molecule has 70 valence electrons. The third-order valence-electron chi connectivity index (χ3n) is 1.72. The molecule has 1 aromatic heterocycles. The molecule has 0 bridgehead atoms. The Balaban J connectivity index is 0.00000121. The lowest BCUT2D eigenvalue weighted by molar-refractivity contribution is 0.669. The van der Waals surface area contributed by atoms with Gasteiger partial charge in [0, 0.05) is 10.9 Å². The van der Waals surface area contributed by atoms with Gasteiger partial charge in [0.25, 0.3) is 0 Å². The summed E-state index contributed by atoms with van der Waals surface area (Å²) in [5, 5.41) is 2.07.